The molecule has 2 aromatic carbocycles. The summed E-state index contributed by atoms with van der Waals surface area (Å²) >= 11 is 12.0. The van der Waals surface area contributed by atoms with Crippen LogP contribution in [0.5, 0.6) is 17.2 Å². The zero-order valence-corrected chi connectivity index (χ0v) is 16.1. The molecule has 5 nitrogen and oxygen atoms in total. The number of Topliss-reactive ketones (excluding diaryl/α,β-unsaturated/α-hetero) is 1. The van der Waals surface area contributed by atoms with Crippen LogP contribution in [0.1, 0.15) is 15.9 Å². The number of hydrogen-bond acceptors (Lipinski definition) is 5. The SMILES string of the molecule is COc1cc(C=C(C#N)C(=O)c2c(Cl)cccc2Cl)cc(OC)c1OC(F)F. The number of nitriles is 1. The van der Waals surface area contributed by atoms with Crippen molar-refractivity contribution in [1.82, 2.24) is 0 Å². The van der Waals surface area contributed by atoms with Gasteiger partial charge in [0, 0.05) is 0 Å². The molecule has 0 amide bonds. The van der Waals surface area contributed by atoms with Crippen molar-refractivity contribution in [2.45, 2.75) is 6.61 Å². The summed E-state index contributed by atoms with van der Waals surface area (Å²) in [5.41, 5.74) is -0.0137. The highest BCUT2D eigenvalue weighted by atomic mass is 35.5. The van der Waals surface area contributed by atoms with E-state index in [1.165, 1.54) is 44.6 Å². The van der Waals surface area contributed by atoms with Gasteiger partial charge in [0.25, 0.3) is 0 Å². The molecule has 0 saturated heterocycles. The monoisotopic (exact) mass is 427 g/mol. The lowest BCUT2D eigenvalue weighted by atomic mass is 10.0. The van der Waals surface area contributed by atoms with Gasteiger partial charge in [-0.3, -0.25) is 4.79 Å². The number of benzene rings is 2. The number of alkyl halides is 2. The Hall–Kier alpha value is -2.82. The second kappa shape index (κ2) is 9.40. The van der Waals surface area contributed by atoms with Crippen LogP contribution in [-0.2, 0) is 0 Å². The van der Waals surface area contributed by atoms with Crippen LogP contribution >= 0.6 is 23.2 Å². The van der Waals surface area contributed by atoms with Crippen LogP contribution in [0.2, 0.25) is 10.0 Å². The molecule has 0 bridgehead atoms. The minimum Gasteiger partial charge on any atom is -0.493 e. The molecule has 0 fully saturated rings. The van der Waals surface area contributed by atoms with E-state index in [4.69, 9.17) is 32.7 Å². The minimum absolute atomic E-state index is 0.0183. The van der Waals surface area contributed by atoms with E-state index in [1.54, 1.807) is 12.1 Å². The van der Waals surface area contributed by atoms with Crippen molar-refractivity contribution < 1.29 is 27.8 Å². The van der Waals surface area contributed by atoms with Crippen molar-refractivity contribution in [2.24, 2.45) is 0 Å². The number of rotatable bonds is 7. The van der Waals surface area contributed by atoms with E-state index in [1.807, 2.05) is 0 Å². The summed E-state index contributed by atoms with van der Waals surface area (Å²) in [5, 5.41) is 9.60. The topological polar surface area (TPSA) is 68.5 Å². The molecule has 0 aliphatic rings. The number of allylic oxidation sites excluding steroid dienone is 1. The molecule has 0 aromatic heterocycles. The Morgan fingerprint density at radius 1 is 1.14 bits per heavy atom. The molecule has 0 N–H and O–H groups in total. The summed E-state index contributed by atoms with van der Waals surface area (Å²) < 4.78 is 39.8. The molecule has 0 atom stereocenters. The highest BCUT2D eigenvalue weighted by molar-refractivity contribution is 6.41. The van der Waals surface area contributed by atoms with Crippen LogP contribution in [0.25, 0.3) is 6.08 Å². The van der Waals surface area contributed by atoms with E-state index in [0.29, 0.717) is 0 Å². The van der Waals surface area contributed by atoms with Gasteiger partial charge in [-0.05, 0) is 35.9 Å². The summed E-state index contributed by atoms with van der Waals surface area (Å²) in [7, 11) is 2.50. The molecule has 0 unspecified atom stereocenters. The maximum Gasteiger partial charge on any atom is 0.387 e. The fourth-order valence-electron chi connectivity index (χ4n) is 2.35. The number of carbonyl (C=O) groups excluding carboxylic acids is 1. The summed E-state index contributed by atoms with van der Waals surface area (Å²) in [6.07, 6.45) is 1.24. The Bertz CT molecular complexity index is 926. The average Bonchev–Trinajstić information content (AvgIpc) is 2.65. The predicted molar refractivity (Wildman–Crippen MR) is 101 cm³/mol. The van der Waals surface area contributed by atoms with Crippen LogP contribution in [-0.4, -0.2) is 26.6 Å². The molecule has 0 radical (unpaired) electrons. The molecule has 2 aromatic rings. The smallest absolute Gasteiger partial charge is 0.387 e. The van der Waals surface area contributed by atoms with Crippen molar-refractivity contribution in [3.63, 3.8) is 0 Å². The Labute approximate surface area is 169 Å². The Kier molecular flexibility index (Phi) is 7.21. The third-order valence-electron chi connectivity index (χ3n) is 3.56. The quantitative estimate of drug-likeness (QED) is 0.336. The lowest BCUT2D eigenvalue weighted by Crippen LogP contribution is -2.06. The van der Waals surface area contributed by atoms with Gasteiger partial charge in [0.1, 0.15) is 11.6 Å². The average molecular weight is 428 g/mol. The van der Waals surface area contributed by atoms with Crippen molar-refractivity contribution in [2.75, 3.05) is 14.2 Å². The largest absolute Gasteiger partial charge is 0.493 e. The van der Waals surface area contributed by atoms with Gasteiger partial charge in [-0.25, -0.2) is 0 Å². The molecule has 0 spiro atoms. The fourth-order valence-corrected chi connectivity index (χ4v) is 2.92. The van der Waals surface area contributed by atoms with E-state index < -0.39 is 12.4 Å². The van der Waals surface area contributed by atoms with Gasteiger partial charge in [-0.15, -0.1) is 0 Å². The maximum absolute atomic E-state index is 12.7. The zero-order valence-electron chi connectivity index (χ0n) is 14.6. The van der Waals surface area contributed by atoms with Crippen LogP contribution in [0.4, 0.5) is 8.78 Å². The molecule has 0 aliphatic carbocycles. The second-order valence-electron chi connectivity index (χ2n) is 5.23. The van der Waals surface area contributed by atoms with Crippen molar-refractivity contribution in [3.05, 3.63) is 57.1 Å². The molecular formula is C19H13Cl2F2NO4. The first-order valence-electron chi connectivity index (χ1n) is 7.63. The summed E-state index contributed by atoms with van der Waals surface area (Å²) in [6.45, 7) is -3.09. The standard InChI is InChI=1S/C19H13Cl2F2NO4/c1-26-14-7-10(8-15(27-2)18(14)28-19(22)23)6-11(9-24)17(25)16-12(20)4-3-5-13(16)21/h3-8,19H,1-2H3. The summed E-state index contributed by atoms with van der Waals surface area (Å²) in [6, 6.07) is 8.93. The lowest BCUT2D eigenvalue weighted by molar-refractivity contribution is -0.0526. The lowest BCUT2D eigenvalue weighted by Gasteiger charge is -2.14. The summed E-state index contributed by atoms with van der Waals surface area (Å²) in [4.78, 5) is 12.7. The molecule has 9 heteroatoms. The van der Waals surface area contributed by atoms with Gasteiger partial charge < -0.3 is 14.2 Å². The molecule has 0 heterocycles. The third-order valence-corrected chi connectivity index (χ3v) is 4.19. The number of hydrogen-bond donors (Lipinski definition) is 0. The van der Waals surface area contributed by atoms with Crippen LogP contribution in [0.3, 0.4) is 0 Å². The van der Waals surface area contributed by atoms with Crippen LogP contribution in [0, 0.1) is 11.3 Å². The Morgan fingerprint density at radius 3 is 2.11 bits per heavy atom. The summed E-state index contributed by atoms with van der Waals surface area (Å²) in [5.74, 6) is -1.13. The van der Waals surface area contributed by atoms with Gasteiger partial charge in [-0.2, -0.15) is 14.0 Å². The van der Waals surface area contributed by atoms with Crippen LogP contribution < -0.4 is 14.2 Å². The maximum atomic E-state index is 12.7. The molecule has 0 saturated carbocycles. The predicted octanol–water partition coefficient (Wildman–Crippen LogP) is 5.40. The van der Waals surface area contributed by atoms with Crippen molar-refractivity contribution in [1.29, 1.82) is 5.26 Å². The highest BCUT2D eigenvalue weighted by Crippen LogP contribution is 2.40. The number of carbonyl (C=O) groups is 1. The first kappa shape index (κ1) is 21.5. The van der Waals surface area contributed by atoms with Crippen molar-refractivity contribution >= 4 is 35.1 Å². The molecule has 0 aliphatic heterocycles. The second-order valence-corrected chi connectivity index (χ2v) is 6.04. The molecule has 28 heavy (non-hydrogen) atoms. The molecule has 146 valence electrons. The first-order chi connectivity index (χ1) is 13.3. The van der Waals surface area contributed by atoms with Crippen molar-refractivity contribution in [3.8, 4) is 23.3 Å². The number of ketones is 1. The van der Waals surface area contributed by atoms with Gasteiger partial charge in [0.05, 0.1) is 29.8 Å². The molecule has 2 rings (SSSR count). The number of ether oxygens (including phenoxy) is 3. The Morgan fingerprint density at radius 2 is 1.68 bits per heavy atom. The minimum atomic E-state index is -3.09. The molecular weight excluding hydrogens is 415 g/mol. The van der Waals surface area contributed by atoms with E-state index in [9.17, 15) is 18.8 Å². The Balaban J connectivity index is 2.55. The number of nitrogens with zero attached hydrogens (tertiary/aromatic N) is 1. The van der Waals surface area contributed by atoms with E-state index in [0.717, 1.165) is 0 Å². The number of methoxy groups -OCH3 is 2. The third kappa shape index (κ3) is 4.71. The number of halogens is 4. The van der Waals surface area contributed by atoms with Gasteiger partial charge in [0.2, 0.25) is 11.5 Å². The normalized spacial score (nSPS) is 11.1. The van der Waals surface area contributed by atoms with Crippen LogP contribution in [0.15, 0.2) is 35.9 Å². The van der Waals surface area contributed by atoms with E-state index in [2.05, 4.69) is 4.74 Å². The van der Waals surface area contributed by atoms with Gasteiger partial charge in [-0.1, -0.05) is 29.3 Å². The zero-order chi connectivity index (χ0) is 20.8. The fraction of sp³-hybridized carbons (Fsp3) is 0.158. The van der Waals surface area contributed by atoms with Gasteiger partial charge in [0.15, 0.2) is 11.5 Å². The highest BCUT2D eigenvalue weighted by Gasteiger charge is 2.21. The van der Waals surface area contributed by atoms with E-state index in [-0.39, 0.29) is 44.0 Å². The van der Waals surface area contributed by atoms with Gasteiger partial charge >= 0.3 is 6.61 Å². The van der Waals surface area contributed by atoms with E-state index >= 15 is 0 Å². The first-order valence-corrected chi connectivity index (χ1v) is 8.39.